The molecule has 1 aromatic rings. The molecule has 6 heteroatoms. The van der Waals surface area contributed by atoms with Crippen LogP contribution < -0.4 is 5.32 Å². The van der Waals surface area contributed by atoms with Gasteiger partial charge in [-0.1, -0.05) is 37.3 Å². The van der Waals surface area contributed by atoms with Crippen LogP contribution in [0.5, 0.6) is 0 Å². The first-order valence-corrected chi connectivity index (χ1v) is 6.19. The van der Waals surface area contributed by atoms with Gasteiger partial charge in [-0.3, -0.25) is 9.59 Å². The van der Waals surface area contributed by atoms with Crippen molar-refractivity contribution in [3.63, 3.8) is 0 Å². The highest BCUT2D eigenvalue weighted by Gasteiger charge is 2.23. The molecule has 0 saturated carbocycles. The first kappa shape index (κ1) is 15.7. The number of carboxylic acid groups (broad SMARTS) is 2. The maximum Gasteiger partial charge on any atom is 0.326 e. The molecule has 2 atom stereocenters. The van der Waals surface area contributed by atoms with Crippen LogP contribution in [0.2, 0.25) is 0 Å². The van der Waals surface area contributed by atoms with Crippen molar-refractivity contribution in [2.45, 2.75) is 25.8 Å². The molecule has 6 nitrogen and oxygen atoms in total. The number of hydrogen-bond acceptors (Lipinski definition) is 3. The Labute approximate surface area is 116 Å². The van der Waals surface area contributed by atoms with E-state index in [0.29, 0.717) is 0 Å². The molecule has 108 valence electrons. The smallest absolute Gasteiger partial charge is 0.326 e. The second kappa shape index (κ2) is 7.28. The number of carbonyl (C=O) groups excluding carboxylic acids is 1. The third-order valence-corrected chi connectivity index (χ3v) is 2.83. The largest absolute Gasteiger partial charge is 0.481 e. The van der Waals surface area contributed by atoms with Gasteiger partial charge in [-0.25, -0.2) is 4.79 Å². The Bertz CT molecular complexity index is 486. The van der Waals surface area contributed by atoms with Crippen LogP contribution in [0.1, 0.15) is 18.9 Å². The molecule has 0 radical (unpaired) electrons. The number of carbonyl (C=O) groups is 3. The summed E-state index contributed by atoms with van der Waals surface area (Å²) in [6, 6.07) is 7.84. The molecular formula is C14H17NO5. The molecule has 20 heavy (non-hydrogen) atoms. The predicted molar refractivity (Wildman–Crippen MR) is 71.1 cm³/mol. The normalized spacial score (nSPS) is 13.2. The van der Waals surface area contributed by atoms with E-state index in [9.17, 15) is 14.4 Å². The van der Waals surface area contributed by atoms with Crippen LogP contribution in [-0.2, 0) is 20.8 Å². The zero-order chi connectivity index (χ0) is 15.1. The van der Waals surface area contributed by atoms with Crippen molar-refractivity contribution >= 4 is 17.8 Å². The molecule has 1 rings (SSSR count). The second-order valence-electron chi connectivity index (χ2n) is 4.59. The molecule has 0 aliphatic carbocycles. The molecule has 0 aliphatic rings. The summed E-state index contributed by atoms with van der Waals surface area (Å²) in [5.74, 6) is -3.66. The summed E-state index contributed by atoms with van der Waals surface area (Å²) >= 11 is 0. The van der Waals surface area contributed by atoms with E-state index in [4.69, 9.17) is 10.2 Å². The van der Waals surface area contributed by atoms with Gasteiger partial charge in [0.15, 0.2) is 0 Å². The van der Waals surface area contributed by atoms with Gasteiger partial charge >= 0.3 is 11.9 Å². The molecule has 0 aromatic heterocycles. The maximum absolute atomic E-state index is 11.6. The van der Waals surface area contributed by atoms with Crippen LogP contribution in [0, 0.1) is 5.92 Å². The highest BCUT2D eigenvalue weighted by Crippen LogP contribution is 2.06. The molecule has 0 unspecified atom stereocenters. The van der Waals surface area contributed by atoms with Crippen LogP contribution in [0.25, 0.3) is 0 Å². The lowest BCUT2D eigenvalue weighted by molar-refractivity contribution is -0.144. The fourth-order valence-electron chi connectivity index (χ4n) is 1.67. The molecule has 0 saturated heterocycles. The number of aliphatic carboxylic acids is 2. The van der Waals surface area contributed by atoms with Crippen molar-refractivity contribution in [3.8, 4) is 0 Å². The summed E-state index contributed by atoms with van der Waals surface area (Å²) in [5.41, 5.74) is 0.784. The molecule has 0 fully saturated rings. The Kier molecular flexibility index (Phi) is 5.71. The van der Waals surface area contributed by atoms with Gasteiger partial charge in [0.2, 0.25) is 5.91 Å². The van der Waals surface area contributed by atoms with Crippen LogP contribution in [0.3, 0.4) is 0 Å². The maximum atomic E-state index is 11.6. The lowest BCUT2D eigenvalue weighted by Gasteiger charge is -2.15. The summed E-state index contributed by atoms with van der Waals surface area (Å²) in [6.07, 6.45) is -0.0860. The van der Waals surface area contributed by atoms with E-state index in [1.54, 1.807) is 24.3 Å². The summed E-state index contributed by atoms with van der Waals surface area (Å²) in [5, 5.41) is 20.2. The fourth-order valence-corrected chi connectivity index (χ4v) is 1.67. The summed E-state index contributed by atoms with van der Waals surface area (Å²) in [6.45, 7) is 1.40. The van der Waals surface area contributed by atoms with Crippen molar-refractivity contribution in [1.82, 2.24) is 5.32 Å². The van der Waals surface area contributed by atoms with Crippen LogP contribution in [0.4, 0.5) is 0 Å². The average Bonchev–Trinajstić information content (AvgIpc) is 2.38. The zero-order valence-corrected chi connectivity index (χ0v) is 11.1. The molecule has 0 heterocycles. The van der Waals surface area contributed by atoms with E-state index in [1.807, 2.05) is 6.07 Å². The van der Waals surface area contributed by atoms with Crippen molar-refractivity contribution in [1.29, 1.82) is 0 Å². The molecule has 3 N–H and O–H groups in total. The average molecular weight is 279 g/mol. The van der Waals surface area contributed by atoms with E-state index >= 15 is 0 Å². The van der Waals surface area contributed by atoms with Gasteiger partial charge in [-0.15, -0.1) is 0 Å². The van der Waals surface area contributed by atoms with Gasteiger partial charge in [-0.05, 0) is 5.56 Å². The number of amides is 1. The van der Waals surface area contributed by atoms with Crippen molar-refractivity contribution in [2.75, 3.05) is 0 Å². The molecule has 0 spiro atoms. The van der Waals surface area contributed by atoms with Crippen LogP contribution >= 0.6 is 0 Å². The summed E-state index contributed by atoms with van der Waals surface area (Å²) in [4.78, 5) is 33.4. The van der Waals surface area contributed by atoms with Crippen molar-refractivity contribution in [3.05, 3.63) is 35.9 Å². The molecule has 1 amide bonds. The van der Waals surface area contributed by atoms with Gasteiger partial charge < -0.3 is 15.5 Å². The summed E-state index contributed by atoms with van der Waals surface area (Å²) < 4.78 is 0. The highest BCUT2D eigenvalue weighted by atomic mass is 16.4. The summed E-state index contributed by atoms with van der Waals surface area (Å²) in [7, 11) is 0. The fraction of sp³-hybridized carbons (Fsp3) is 0.357. The van der Waals surface area contributed by atoms with E-state index in [2.05, 4.69) is 5.32 Å². The number of benzene rings is 1. The topological polar surface area (TPSA) is 104 Å². The second-order valence-corrected chi connectivity index (χ2v) is 4.59. The van der Waals surface area contributed by atoms with E-state index < -0.39 is 29.8 Å². The standard InChI is InChI=1S/C14H17NO5/c1-9(13(17)18)7-12(16)15-11(14(19)20)8-10-5-3-2-4-6-10/h2-6,9,11H,7-8H2,1H3,(H,15,16)(H,17,18)(H,19,20)/t9-,11-/m0/s1. The lowest BCUT2D eigenvalue weighted by Crippen LogP contribution is -2.43. The van der Waals surface area contributed by atoms with Crippen molar-refractivity contribution < 1.29 is 24.6 Å². The van der Waals surface area contributed by atoms with Gasteiger partial charge in [0.25, 0.3) is 0 Å². The van der Waals surface area contributed by atoms with E-state index in [-0.39, 0.29) is 12.8 Å². The van der Waals surface area contributed by atoms with Gasteiger partial charge in [-0.2, -0.15) is 0 Å². The van der Waals surface area contributed by atoms with Crippen LogP contribution in [-0.4, -0.2) is 34.1 Å². The number of hydrogen-bond donors (Lipinski definition) is 3. The zero-order valence-electron chi connectivity index (χ0n) is 11.1. The third kappa shape index (κ3) is 5.09. The number of carboxylic acids is 2. The molecule has 1 aromatic carbocycles. The first-order valence-electron chi connectivity index (χ1n) is 6.19. The van der Waals surface area contributed by atoms with Gasteiger partial charge in [0.05, 0.1) is 5.92 Å². The van der Waals surface area contributed by atoms with E-state index in [0.717, 1.165) is 5.56 Å². The van der Waals surface area contributed by atoms with Crippen LogP contribution in [0.15, 0.2) is 30.3 Å². The minimum atomic E-state index is -1.15. The Morgan fingerprint density at radius 2 is 1.70 bits per heavy atom. The quantitative estimate of drug-likeness (QED) is 0.688. The third-order valence-electron chi connectivity index (χ3n) is 2.83. The Balaban J connectivity index is 2.62. The first-order chi connectivity index (χ1) is 9.40. The Morgan fingerprint density at radius 3 is 2.20 bits per heavy atom. The number of nitrogens with one attached hydrogen (secondary N) is 1. The van der Waals surface area contributed by atoms with Crippen molar-refractivity contribution in [2.24, 2.45) is 5.92 Å². The Morgan fingerprint density at radius 1 is 1.10 bits per heavy atom. The SMILES string of the molecule is C[C@@H](CC(=O)N[C@@H](Cc1ccccc1)C(=O)O)C(=O)O. The minimum absolute atomic E-state index is 0.156. The molecule has 0 bridgehead atoms. The van der Waals surface area contributed by atoms with Gasteiger partial charge in [0, 0.05) is 12.8 Å². The predicted octanol–water partition coefficient (Wildman–Crippen LogP) is 0.909. The molecule has 0 aliphatic heterocycles. The lowest BCUT2D eigenvalue weighted by atomic mass is 10.0. The van der Waals surface area contributed by atoms with Gasteiger partial charge in [0.1, 0.15) is 6.04 Å². The Hall–Kier alpha value is -2.37. The molecular weight excluding hydrogens is 262 g/mol. The van der Waals surface area contributed by atoms with E-state index in [1.165, 1.54) is 6.92 Å². The minimum Gasteiger partial charge on any atom is -0.481 e. The monoisotopic (exact) mass is 279 g/mol. The highest BCUT2D eigenvalue weighted by molar-refractivity contribution is 5.86. The number of rotatable bonds is 7.